The average molecular weight is 474 g/mol. The van der Waals surface area contributed by atoms with Crippen molar-refractivity contribution in [2.75, 3.05) is 46.4 Å². The lowest BCUT2D eigenvalue weighted by atomic mass is 10.1. The first-order chi connectivity index (χ1) is 12.3. The van der Waals surface area contributed by atoms with Crippen LogP contribution in [0.15, 0.2) is 29.3 Å². The number of aliphatic imine (C=N–C) groups is 1. The van der Waals surface area contributed by atoms with Crippen molar-refractivity contribution in [3.8, 4) is 0 Å². The molecule has 1 aliphatic carbocycles. The predicted molar refractivity (Wildman–Crippen MR) is 112 cm³/mol. The highest BCUT2D eigenvalue weighted by molar-refractivity contribution is 14.0. The van der Waals surface area contributed by atoms with E-state index in [1.54, 1.807) is 12.1 Å². The summed E-state index contributed by atoms with van der Waals surface area (Å²) in [6.07, 6.45) is 2.14. The molecule has 0 radical (unpaired) electrons. The summed E-state index contributed by atoms with van der Waals surface area (Å²) in [4.78, 5) is 9.36. The summed E-state index contributed by atoms with van der Waals surface area (Å²) in [7, 11) is 1.84. The van der Waals surface area contributed by atoms with Gasteiger partial charge >= 0.3 is 0 Å². The quantitative estimate of drug-likeness (QED) is 0.415. The summed E-state index contributed by atoms with van der Waals surface area (Å²) >= 11 is 0. The van der Waals surface area contributed by atoms with Gasteiger partial charge in [0.05, 0.1) is 13.2 Å². The number of morpholine rings is 1. The molecule has 0 aromatic heterocycles. The third kappa shape index (κ3) is 4.31. The predicted octanol–water partition coefficient (Wildman–Crippen LogP) is 2.28. The highest BCUT2D eigenvalue weighted by Crippen LogP contribution is 2.42. The zero-order chi connectivity index (χ0) is 17.2. The molecule has 3 fully saturated rings. The van der Waals surface area contributed by atoms with Crippen LogP contribution in [0.5, 0.6) is 0 Å². The Hall–Kier alpha value is -0.930. The number of nitrogens with one attached hydrogen (secondary N) is 1. The number of rotatable bonds is 3. The van der Waals surface area contributed by atoms with Crippen molar-refractivity contribution in [1.29, 1.82) is 0 Å². The van der Waals surface area contributed by atoms with Crippen LogP contribution >= 0.6 is 24.0 Å². The lowest BCUT2D eigenvalue weighted by Crippen LogP contribution is -2.47. The molecule has 7 heteroatoms. The first-order valence-electron chi connectivity index (χ1n) is 9.30. The Morgan fingerprint density at radius 1 is 1.23 bits per heavy atom. The molecule has 4 rings (SSSR count). The molecule has 3 atom stereocenters. The van der Waals surface area contributed by atoms with E-state index in [-0.39, 0.29) is 41.8 Å². The highest BCUT2D eigenvalue weighted by Gasteiger charge is 2.41. The molecule has 0 bridgehead atoms. The smallest absolute Gasteiger partial charge is 0.193 e. The minimum atomic E-state index is -0.0969. The van der Waals surface area contributed by atoms with E-state index in [4.69, 9.17) is 4.74 Å². The largest absolute Gasteiger partial charge is 0.379 e. The van der Waals surface area contributed by atoms with E-state index in [1.807, 2.05) is 19.2 Å². The number of guanidine groups is 1. The Kier molecular flexibility index (Phi) is 6.74. The summed E-state index contributed by atoms with van der Waals surface area (Å²) in [5.41, 5.74) is 0.822. The van der Waals surface area contributed by atoms with Gasteiger partial charge in [-0.2, -0.15) is 0 Å². The lowest BCUT2D eigenvalue weighted by molar-refractivity contribution is 0.0195. The van der Waals surface area contributed by atoms with Gasteiger partial charge in [0.1, 0.15) is 5.82 Å². The Morgan fingerprint density at radius 2 is 2.00 bits per heavy atom. The molecule has 2 aliphatic heterocycles. The number of nitrogens with zero attached hydrogens (tertiary/aromatic N) is 3. The molecule has 1 saturated carbocycles. The summed E-state index contributed by atoms with van der Waals surface area (Å²) in [6, 6.07) is 7.98. The third-order valence-electron chi connectivity index (χ3n) is 5.65. The standard InChI is InChI=1S/C19H27FN4O.HI/c1-21-19(22-18-12-16(18)15-4-2-3-5-17(15)20)24-7-6-14(13-24)23-8-10-25-11-9-23;/h2-5,14,16,18H,6-13H2,1H3,(H,21,22);1H. The number of ether oxygens (including phenoxy) is 1. The van der Waals surface area contributed by atoms with E-state index in [0.29, 0.717) is 6.04 Å². The Balaban J connectivity index is 0.00000196. The van der Waals surface area contributed by atoms with Gasteiger partial charge in [0.25, 0.3) is 0 Å². The van der Waals surface area contributed by atoms with Crippen LogP contribution in [0.1, 0.15) is 24.3 Å². The topological polar surface area (TPSA) is 40.1 Å². The molecule has 0 amide bonds. The van der Waals surface area contributed by atoms with Crippen LogP contribution in [-0.2, 0) is 4.74 Å². The molecule has 3 unspecified atom stereocenters. The average Bonchev–Trinajstić information content (AvgIpc) is 3.23. The van der Waals surface area contributed by atoms with E-state index in [0.717, 1.165) is 57.3 Å². The van der Waals surface area contributed by atoms with E-state index >= 15 is 0 Å². The maximum atomic E-state index is 13.9. The van der Waals surface area contributed by atoms with Gasteiger partial charge < -0.3 is 15.0 Å². The molecule has 2 saturated heterocycles. The monoisotopic (exact) mass is 474 g/mol. The maximum absolute atomic E-state index is 13.9. The second-order valence-corrected chi connectivity index (χ2v) is 7.20. The number of halogens is 2. The molecular formula is C19H28FIN4O. The van der Waals surface area contributed by atoms with Crippen LogP contribution in [0.25, 0.3) is 0 Å². The first kappa shape index (κ1) is 19.8. The molecule has 1 aromatic rings. The number of benzene rings is 1. The van der Waals surface area contributed by atoms with Gasteiger partial charge in [-0.05, 0) is 24.5 Å². The van der Waals surface area contributed by atoms with Gasteiger partial charge in [0, 0.05) is 51.2 Å². The molecule has 0 spiro atoms. The normalized spacial score (nSPS) is 29.4. The van der Waals surface area contributed by atoms with E-state index in [1.165, 1.54) is 6.42 Å². The molecule has 26 heavy (non-hydrogen) atoms. The van der Waals surface area contributed by atoms with Crippen molar-refractivity contribution >= 4 is 29.9 Å². The maximum Gasteiger partial charge on any atom is 0.193 e. The van der Waals surface area contributed by atoms with Gasteiger partial charge in [0.15, 0.2) is 5.96 Å². The molecular weight excluding hydrogens is 446 g/mol. The summed E-state index contributed by atoms with van der Waals surface area (Å²) < 4.78 is 19.4. The van der Waals surface area contributed by atoms with E-state index < -0.39 is 0 Å². The summed E-state index contributed by atoms with van der Waals surface area (Å²) in [6.45, 7) is 5.78. The molecule has 1 aromatic carbocycles. The zero-order valence-corrected chi connectivity index (χ0v) is 17.6. The minimum Gasteiger partial charge on any atom is -0.379 e. The van der Waals surface area contributed by atoms with E-state index in [9.17, 15) is 4.39 Å². The fourth-order valence-corrected chi connectivity index (χ4v) is 4.11. The Labute approximate surface area is 172 Å². The van der Waals surface area contributed by atoms with Crippen LogP contribution < -0.4 is 5.32 Å². The number of hydrogen-bond donors (Lipinski definition) is 1. The van der Waals surface area contributed by atoms with E-state index in [2.05, 4.69) is 20.1 Å². The van der Waals surface area contributed by atoms with Crippen molar-refractivity contribution in [1.82, 2.24) is 15.1 Å². The fourth-order valence-electron chi connectivity index (χ4n) is 4.11. The van der Waals surface area contributed by atoms with Crippen LogP contribution in [0, 0.1) is 5.82 Å². The van der Waals surface area contributed by atoms with Gasteiger partial charge in [-0.1, -0.05) is 18.2 Å². The van der Waals surface area contributed by atoms with Gasteiger partial charge in [-0.15, -0.1) is 24.0 Å². The molecule has 3 aliphatic rings. The Morgan fingerprint density at radius 3 is 2.73 bits per heavy atom. The van der Waals surface area contributed by atoms with Crippen molar-refractivity contribution in [2.24, 2.45) is 4.99 Å². The SMILES string of the molecule is CN=C(NC1CC1c1ccccc1F)N1CCC(N2CCOCC2)C1.I. The fraction of sp³-hybridized carbons (Fsp3) is 0.632. The van der Waals surface area contributed by atoms with Crippen molar-refractivity contribution in [2.45, 2.75) is 30.8 Å². The Bertz CT molecular complexity index is 638. The van der Waals surface area contributed by atoms with Gasteiger partial charge in [0.2, 0.25) is 0 Å². The lowest BCUT2D eigenvalue weighted by Gasteiger charge is -2.32. The van der Waals surface area contributed by atoms with Crippen molar-refractivity contribution in [3.63, 3.8) is 0 Å². The van der Waals surface area contributed by atoms with Crippen molar-refractivity contribution in [3.05, 3.63) is 35.6 Å². The number of likely N-dealkylation sites (tertiary alicyclic amines) is 1. The van der Waals surface area contributed by atoms with Crippen molar-refractivity contribution < 1.29 is 9.13 Å². The van der Waals surface area contributed by atoms with Gasteiger partial charge in [-0.3, -0.25) is 9.89 Å². The molecule has 144 valence electrons. The third-order valence-corrected chi connectivity index (χ3v) is 5.65. The van der Waals surface area contributed by atoms with Crippen LogP contribution in [-0.4, -0.2) is 74.3 Å². The molecule has 5 nitrogen and oxygen atoms in total. The molecule has 1 N–H and O–H groups in total. The summed E-state index contributed by atoms with van der Waals surface area (Å²) in [5, 5.41) is 3.55. The number of hydrogen-bond acceptors (Lipinski definition) is 3. The van der Waals surface area contributed by atoms with Crippen LogP contribution in [0.4, 0.5) is 4.39 Å². The summed E-state index contributed by atoms with van der Waals surface area (Å²) in [5.74, 6) is 1.12. The van der Waals surface area contributed by atoms with Crippen LogP contribution in [0.3, 0.4) is 0 Å². The van der Waals surface area contributed by atoms with Gasteiger partial charge in [-0.25, -0.2) is 4.39 Å². The highest BCUT2D eigenvalue weighted by atomic mass is 127. The first-order valence-corrected chi connectivity index (χ1v) is 9.30. The second-order valence-electron chi connectivity index (χ2n) is 7.20. The zero-order valence-electron chi connectivity index (χ0n) is 15.2. The van der Waals surface area contributed by atoms with Crippen LogP contribution in [0.2, 0.25) is 0 Å². The minimum absolute atomic E-state index is 0. The molecule has 2 heterocycles. The second kappa shape index (κ2) is 8.84.